The second kappa shape index (κ2) is 8.26. The third-order valence-corrected chi connectivity index (χ3v) is 5.01. The van der Waals surface area contributed by atoms with Crippen LogP contribution in [0, 0.1) is 30.9 Å². The van der Waals surface area contributed by atoms with Gasteiger partial charge in [0.2, 0.25) is 5.91 Å². The monoisotopic (exact) mass is 396 g/mol. The summed E-state index contributed by atoms with van der Waals surface area (Å²) in [7, 11) is 0. The molecule has 1 heterocycles. The average Bonchev–Trinajstić information content (AvgIpc) is 3.09. The minimum Gasteiger partial charge on any atom is -0.320 e. The molecule has 144 valence electrons. The van der Waals surface area contributed by atoms with Crippen molar-refractivity contribution in [3.05, 3.63) is 75.6 Å². The summed E-state index contributed by atoms with van der Waals surface area (Å²) in [6.07, 6.45) is 3.53. The number of carbonyl (C=O) groups excluding carboxylic acids is 1. The van der Waals surface area contributed by atoms with E-state index < -0.39 is 4.92 Å². The zero-order valence-electron chi connectivity index (χ0n) is 15.8. The van der Waals surface area contributed by atoms with Gasteiger partial charge in [-0.15, -0.1) is 0 Å². The number of nitro groups is 1. The Hall–Kier alpha value is -3.13. The number of anilines is 1. The lowest BCUT2D eigenvalue weighted by atomic mass is 10.1. The summed E-state index contributed by atoms with van der Waals surface area (Å²) in [4.78, 5) is 27.4. The molecule has 0 bridgehead atoms. The Morgan fingerprint density at radius 2 is 1.86 bits per heavy atom. The van der Waals surface area contributed by atoms with Crippen molar-refractivity contribution in [2.75, 3.05) is 11.1 Å². The fraction of sp³-hybridized carbons (Fsp3) is 0.200. The van der Waals surface area contributed by atoms with E-state index in [0.29, 0.717) is 5.16 Å². The molecule has 0 aliphatic rings. The third-order valence-electron chi connectivity index (χ3n) is 4.05. The number of amides is 1. The van der Waals surface area contributed by atoms with Gasteiger partial charge in [0.05, 0.1) is 10.7 Å². The highest BCUT2D eigenvalue weighted by atomic mass is 32.2. The molecule has 2 aromatic carbocycles. The number of aryl methyl sites for hydroxylation is 3. The number of nitro benzene ring substituents is 1. The van der Waals surface area contributed by atoms with Crippen molar-refractivity contribution in [3.63, 3.8) is 0 Å². The summed E-state index contributed by atoms with van der Waals surface area (Å²) in [6.45, 7) is 5.83. The molecule has 1 amide bonds. The summed E-state index contributed by atoms with van der Waals surface area (Å²) in [5.74, 6) is -0.237. The number of aromatic nitrogens is 2. The van der Waals surface area contributed by atoms with E-state index in [9.17, 15) is 14.9 Å². The Bertz CT molecular complexity index is 1030. The summed E-state index contributed by atoms with van der Waals surface area (Å²) >= 11 is 1.27. The molecule has 0 aliphatic carbocycles. The molecule has 7 nitrogen and oxygen atoms in total. The molecular formula is C20H20N4O3S. The van der Waals surface area contributed by atoms with Crippen LogP contribution in [0.4, 0.5) is 11.4 Å². The largest absolute Gasteiger partial charge is 0.320 e. The Morgan fingerprint density at radius 3 is 2.54 bits per heavy atom. The molecule has 0 aliphatic heterocycles. The normalized spacial score (nSPS) is 10.7. The standard InChI is InChI=1S/C20H20N4O3S/c1-13-4-5-17(18(11-13)24(26)27)22-19(25)12-28-20-21-6-7-23(20)16-9-14(2)8-15(3)10-16/h4-11H,12H2,1-3H3,(H,22,25). The van der Waals surface area contributed by atoms with Gasteiger partial charge in [0.25, 0.3) is 5.69 Å². The first kappa shape index (κ1) is 19.6. The molecule has 1 aromatic heterocycles. The van der Waals surface area contributed by atoms with Crippen molar-refractivity contribution in [2.24, 2.45) is 0 Å². The smallest absolute Gasteiger partial charge is 0.293 e. The molecule has 0 saturated carbocycles. The van der Waals surface area contributed by atoms with Gasteiger partial charge in [-0.2, -0.15) is 0 Å². The maximum atomic E-state index is 12.3. The van der Waals surface area contributed by atoms with Crippen molar-refractivity contribution in [3.8, 4) is 5.69 Å². The summed E-state index contributed by atoms with van der Waals surface area (Å²) < 4.78 is 1.92. The number of rotatable bonds is 6. The van der Waals surface area contributed by atoms with E-state index in [1.807, 2.05) is 24.6 Å². The molecule has 0 unspecified atom stereocenters. The lowest BCUT2D eigenvalue weighted by Crippen LogP contribution is -2.15. The number of imidazole rings is 1. The van der Waals surface area contributed by atoms with Crippen molar-refractivity contribution >= 4 is 29.0 Å². The second-order valence-corrected chi connectivity index (χ2v) is 7.48. The summed E-state index contributed by atoms with van der Waals surface area (Å²) in [5, 5.41) is 14.5. The number of hydrogen-bond acceptors (Lipinski definition) is 5. The molecule has 0 radical (unpaired) electrons. The summed E-state index contributed by atoms with van der Waals surface area (Å²) in [5.41, 5.74) is 4.10. The Kier molecular flexibility index (Phi) is 5.79. The lowest BCUT2D eigenvalue weighted by Gasteiger charge is -2.10. The van der Waals surface area contributed by atoms with E-state index in [4.69, 9.17) is 0 Å². The molecule has 3 aromatic rings. The molecule has 28 heavy (non-hydrogen) atoms. The molecule has 3 rings (SSSR count). The molecule has 0 fully saturated rings. The first-order chi connectivity index (χ1) is 13.3. The van der Waals surface area contributed by atoms with Crippen molar-refractivity contribution in [2.45, 2.75) is 25.9 Å². The molecule has 0 spiro atoms. The number of thioether (sulfide) groups is 1. The third kappa shape index (κ3) is 4.58. The van der Waals surface area contributed by atoms with Gasteiger partial charge in [0.15, 0.2) is 5.16 Å². The van der Waals surface area contributed by atoms with Gasteiger partial charge in [-0.3, -0.25) is 19.5 Å². The fourth-order valence-corrected chi connectivity index (χ4v) is 3.67. The maximum Gasteiger partial charge on any atom is 0.293 e. The number of nitrogens with one attached hydrogen (secondary N) is 1. The zero-order valence-corrected chi connectivity index (χ0v) is 16.6. The predicted octanol–water partition coefficient (Wildman–Crippen LogP) is 4.44. The van der Waals surface area contributed by atoms with E-state index >= 15 is 0 Å². The highest BCUT2D eigenvalue weighted by Crippen LogP contribution is 2.26. The van der Waals surface area contributed by atoms with Crippen LogP contribution in [0.2, 0.25) is 0 Å². The van der Waals surface area contributed by atoms with Gasteiger partial charge in [-0.25, -0.2) is 4.98 Å². The number of hydrogen-bond donors (Lipinski definition) is 1. The van der Waals surface area contributed by atoms with Crippen molar-refractivity contribution < 1.29 is 9.72 Å². The van der Waals surface area contributed by atoms with E-state index in [2.05, 4.69) is 28.5 Å². The Morgan fingerprint density at radius 1 is 1.14 bits per heavy atom. The zero-order chi connectivity index (χ0) is 20.3. The first-order valence-corrected chi connectivity index (χ1v) is 9.62. The Balaban J connectivity index is 1.71. The van der Waals surface area contributed by atoms with E-state index in [1.54, 1.807) is 25.3 Å². The number of benzene rings is 2. The van der Waals surface area contributed by atoms with Crippen LogP contribution in [0.1, 0.15) is 16.7 Å². The van der Waals surface area contributed by atoms with E-state index in [0.717, 1.165) is 22.4 Å². The highest BCUT2D eigenvalue weighted by molar-refractivity contribution is 7.99. The lowest BCUT2D eigenvalue weighted by molar-refractivity contribution is -0.384. The van der Waals surface area contributed by atoms with Crippen molar-refractivity contribution in [1.29, 1.82) is 0 Å². The van der Waals surface area contributed by atoms with Gasteiger partial charge in [0.1, 0.15) is 5.69 Å². The van der Waals surface area contributed by atoms with Gasteiger partial charge < -0.3 is 5.32 Å². The van der Waals surface area contributed by atoms with Crippen LogP contribution >= 0.6 is 11.8 Å². The number of nitrogens with zero attached hydrogens (tertiary/aromatic N) is 3. The minimum atomic E-state index is -0.497. The van der Waals surface area contributed by atoms with Gasteiger partial charge in [0, 0.05) is 24.1 Å². The summed E-state index contributed by atoms with van der Waals surface area (Å²) in [6, 6.07) is 10.9. The molecular weight excluding hydrogens is 376 g/mol. The Labute approximate surface area is 166 Å². The first-order valence-electron chi connectivity index (χ1n) is 8.63. The van der Waals surface area contributed by atoms with Gasteiger partial charge >= 0.3 is 0 Å². The molecule has 1 N–H and O–H groups in total. The van der Waals surface area contributed by atoms with Crippen molar-refractivity contribution in [1.82, 2.24) is 9.55 Å². The molecule has 8 heteroatoms. The maximum absolute atomic E-state index is 12.3. The minimum absolute atomic E-state index is 0.0901. The number of carbonyl (C=O) groups is 1. The van der Waals surface area contributed by atoms with Crippen LogP contribution in [-0.2, 0) is 4.79 Å². The van der Waals surface area contributed by atoms with Crippen LogP contribution in [0.15, 0.2) is 53.9 Å². The van der Waals surface area contributed by atoms with Crippen LogP contribution in [0.25, 0.3) is 5.69 Å². The van der Waals surface area contributed by atoms with E-state index in [-0.39, 0.29) is 23.0 Å². The van der Waals surface area contributed by atoms with Gasteiger partial charge in [-0.05, 0) is 55.7 Å². The fourth-order valence-electron chi connectivity index (χ4n) is 2.90. The predicted molar refractivity (Wildman–Crippen MR) is 110 cm³/mol. The van der Waals surface area contributed by atoms with Crippen LogP contribution in [0.5, 0.6) is 0 Å². The molecule has 0 saturated heterocycles. The van der Waals surface area contributed by atoms with Crippen LogP contribution in [-0.4, -0.2) is 26.1 Å². The quantitative estimate of drug-likeness (QED) is 0.378. The topological polar surface area (TPSA) is 90.1 Å². The van der Waals surface area contributed by atoms with Gasteiger partial charge in [-0.1, -0.05) is 23.9 Å². The highest BCUT2D eigenvalue weighted by Gasteiger charge is 2.17. The van der Waals surface area contributed by atoms with E-state index in [1.165, 1.54) is 17.8 Å². The SMILES string of the molecule is Cc1cc(C)cc(-n2ccnc2SCC(=O)Nc2ccc(C)cc2[N+](=O)[O-])c1. The van der Waals surface area contributed by atoms with Crippen LogP contribution < -0.4 is 5.32 Å². The second-order valence-electron chi connectivity index (χ2n) is 6.54. The van der Waals surface area contributed by atoms with Crippen LogP contribution in [0.3, 0.4) is 0 Å². The molecule has 0 atom stereocenters. The average molecular weight is 396 g/mol.